The fraction of sp³-hybridized carbons (Fsp3) is 0.600. The van der Waals surface area contributed by atoms with Crippen LogP contribution in [0.15, 0.2) is 24.3 Å². The predicted octanol–water partition coefficient (Wildman–Crippen LogP) is 2.68. The predicted molar refractivity (Wildman–Crippen MR) is 107 cm³/mol. The summed E-state index contributed by atoms with van der Waals surface area (Å²) in [5.41, 5.74) is 0.599. The Morgan fingerprint density at radius 3 is 2.71 bits per heavy atom. The van der Waals surface area contributed by atoms with Gasteiger partial charge in [-0.05, 0) is 50.3 Å². The number of carbonyl (C=O) groups excluding carboxylic acids is 2. The first kappa shape index (κ1) is 20.9. The summed E-state index contributed by atoms with van der Waals surface area (Å²) in [6, 6.07) is 6.27. The maximum absolute atomic E-state index is 12.2. The fourth-order valence-electron chi connectivity index (χ4n) is 3.58. The standard InChI is InChI=1S/C20H28ClN3O4/c21-14-5-2-6-15(11-14)23-20(27)24-17-8-7-16(28-18(17)12-25)9-10-22-19(26)13-3-1-4-13/h2,5-6,11,13,16-18,25H,1,3-4,7-10,12H2,(H,22,26)(H2,23,24,27)/t16-,17-,18-/m0/s1. The summed E-state index contributed by atoms with van der Waals surface area (Å²) < 4.78 is 5.94. The van der Waals surface area contributed by atoms with Crippen molar-refractivity contribution in [2.45, 2.75) is 56.8 Å². The lowest BCUT2D eigenvalue weighted by Gasteiger charge is -2.36. The minimum Gasteiger partial charge on any atom is -0.394 e. The molecule has 3 rings (SSSR count). The molecule has 4 N–H and O–H groups in total. The molecule has 1 aliphatic heterocycles. The number of anilines is 1. The van der Waals surface area contributed by atoms with Crippen LogP contribution in [-0.4, -0.2) is 48.4 Å². The van der Waals surface area contributed by atoms with Crippen molar-refractivity contribution in [1.29, 1.82) is 0 Å². The highest BCUT2D eigenvalue weighted by atomic mass is 35.5. The number of amides is 3. The number of halogens is 1. The van der Waals surface area contributed by atoms with Crippen molar-refractivity contribution in [2.75, 3.05) is 18.5 Å². The minimum absolute atomic E-state index is 0.0344. The largest absolute Gasteiger partial charge is 0.394 e. The maximum Gasteiger partial charge on any atom is 0.319 e. The number of rotatable bonds is 7. The summed E-state index contributed by atoms with van der Waals surface area (Å²) in [6.07, 6.45) is 4.79. The Morgan fingerprint density at radius 1 is 1.21 bits per heavy atom. The Labute approximate surface area is 170 Å². The quantitative estimate of drug-likeness (QED) is 0.556. The van der Waals surface area contributed by atoms with Crippen LogP contribution in [0.3, 0.4) is 0 Å². The van der Waals surface area contributed by atoms with E-state index in [9.17, 15) is 14.7 Å². The molecule has 154 valence electrons. The average Bonchev–Trinajstić information content (AvgIpc) is 2.61. The van der Waals surface area contributed by atoms with Crippen molar-refractivity contribution in [2.24, 2.45) is 5.92 Å². The molecule has 1 aliphatic carbocycles. The van der Waals surface area contributed by atoms with Gasteiger partial charge in [-0.2, -0.15) is 0 Å². The zero-order valence-electron chi connectivity index (χ0n) is 15.8. The monoisotopic (exact) mass is 409 g/mol. The van der Waals surface area contributed by atoms with Crippen LogP contribution in [0.1, 0.15) is 38.5 Å². The molecule has 0 unspecified atom stereocenters. The van der Waals surface area contributed by atoms with E-state index in [-0.39, 0.29) is 36.6 Å². The van der Waals surface area contributed by atoms with Gasteiger partial charge in [-0.15, -0.1) is 0 Å². The summed E-state index contributed by atoms with van der Waals surface area (Å²) in [6.45, 7) is 0.401. The van der Waals surface area contributed by atoms with Gasteiger partial charge in [-0.1, -0.05) is 24.1 Å². The SMILES string of the molecule is O=C(Nc1cccc(Cl)c1)N[C@H]1CC[C@@H](CCNC(=O)C2CCC2)O[C@H]1CO. The number of urea groups is 1. The smallest absolute Gasteiger partial charge is 0.319 e. The summed E-state index contributed by atoms with van der Waals surface area (Å²) >= 11 is 5.92. The molecule has 0 aromatic heterocycles. The molecule has 3 amide bonds. The first-order chi connectivity index (χ1) is 13.5. The van der Waals surface area contributed by atoms with Crippen LogP contribution >= 0.6 is 11.6 Å². The van der Waals surface area contributed by atoms with Gasteiger partial charge < -0.3 is 25.8 Å². The van der Waals surface area contributed by atoms with E-state index in [1.165, 1.54) is 0 Å². The first-order valence-corrected chi connectivity index (χ1v) is 10.3. The molecule has 3 atom stereocenters. The molecule has 1 saturated carbocycles. The lowest BCUT2D eigenvalue weighted by molar-refractivity contribution is -0.127. The second kappa shape index (κ2) is 10.1. The molecular formula is C20H28ClN3O4. The Kier molecular flexibility index (Phi) is 7.53. The number of aliphatic hydroxyl groups is 1. The highest BCUT2D eigenvalue weighted by molar-refractivity contribution is 6.30. The van der Waals surface area contributed by atoms with Crippen molar-refractivity contribution in [3.63, 3.8) is 0 Å². The van der Waals surface area contributed by atoms with E-state index in [4.69, 9.17) is 16.3 Å². The van der Waals surface area contributed by atoms with Crippen LogP contribution in [-0.2, 0) is 9.53 Å². The van der Waals surface area contributed by atoms with Gasteiger partial charge in [0, 0.05) is 23.2 Å². The third kappa shape index (κ3) is 5.83. The molecule has 0 radical (unpaired) electrons. The molecule has 1 saturated heterocycles. The molecule has 7 nitrogen and oxygen atoms in total. The number of aliphatic hydroxyl groups excluding tert-OH is 1. The van der Waals surface area contributed by atoms with Gasteiger partial charge in [0.05, 0.1) is 18.8 Å². The van der Waals surface area contributed by atoms with Gasteiger partial charge >= 0.3 is 6.03 Å². The van der Waals surface area contributed by atoms with Crippen LogP contribution in [0.5, 0.6) is 0 Å². The molecule has 2 aliphatic rings. The van der Waals surface area contributed by atoms with Crippen LogP contribution in [0.2, 0.25) is 5.02 Å². The third-order valence-electron chi connectivity index (χ3n) is 5.44. The van der Waals surface area contributed by atoms with Crippen LogP contribution in [0.25, 0.3) is 0 Å². The molecular weight excluding hydrogens is 382 g/mol. The Balaban J connectivity index is 1.40. The lowest BCUT2D eigenvalue weighted by atomic mass is 9.85. The van der Waals surface area contributed by atoms with Gasteiger partial charge in [0.15, 0.2) is 0 Å². The summed E-state index contributed by atoms with van der Waals surface area (Å²) in [5.74, 6) is 0.321. The summed E-state index contributed by atoms with van der Waals surface area (Å²) in [7, 11) is 0. The van der Waals surface area contributed by atoms with Crippen molar-refractivity contribution in [3.05, 3.63) is 29.3 Å². The van der Waals surface area contributed by atoms with Gasteiger partial charge in [0.25, 0.3) is 0 Å². The zero-order valence-corrected chi connectivity index (χ0v) is 16.6. The second-order valence-electron chi connectivity index (χ2n) is 7.48. The average molecular weight is 410 g/mol. The van der Waals surface area contributed by atoms with E-state index in [0.29, 0.717) is 30.1 Å². The molecule has 28 heavy (non-hydrogen) atoms. The molecule has 0 bridgehead atoms. The van der Waals surface area contributed by atoms with E-state index < -0.39 is 6.10 Å². The molecule has 0 spiro atoms. The highest BCUT2D eigenvalue weighted by Crippen LogP contribution is 2.26. The number of nitrogens with one attached hydrogen (secondary N) is 3. The number of benzene rings is 1. The molecule has 1 aromatic rings. The fourth-order valence-corrected chi connectivity index (χ4v) is 3.77. The molecule has 8 heteroatoms. The zero-order chi connectivity index (χ0) is 19.9. The van der Waals surface area contributed by atoms with Gasteiger partial charge in [-0.3, -0.25) is 4.79 Å². The number of hydrogen-bond acceptors (Lipinski definition) is 4. The van der Waals surface area contributed by atoms with Gasteiger partial charge in [0.1, 0.15) is 6.10 Å². The summed E-state index contributed by atoms with van der Waals surface area (Å²) in [5, 5.41) is 18.8. The van der Waals surface area contributed by atoms with E-state index in [1.807, 2.05) is 0 Å². The Bertz CT molecular complexity index is 683. The normalized spacial score (nSPS) is 24.9. The number of ether oxygens (including phenoxy) is 1. The van der Waals surface area contributed by atoms with Crippen LogP contribution in [0, 0.1) is 5.92 Å². The number of carbonyl (C=O) groups is 2. The van der Waals surface area contributed by atoms with E-state index in [2.05, 4.69) is 16.0 Å². The van der Waals surface area contributed by atoms with Crippen molar-refractivity contribution in [1.82, 2.24) is 10.6 Å². The Hall–Kier alpha value is -1.83. The topological polar surface area (TPSA) is 99.7 Å². The van der Waals surface area contributed by atoms with Crippen molar-refractivity contribution >= 4 is 29.2 Å². The summed E-state index contributed by atoms with van der Waals surface area (Å²) in [4.78, 5) is 24.1. The first-order valence-electron chi connectivity index (χ1n) is 9.92. The highest BCUT2D eigenvalue weighted by Gasteiger charge is 2.32. The van der Waals surface area contributed by atoms with Crippen LogP contribution < -0.4 is 16.0 Å². The number of hydrogen-bond donors (Lipinski definition) is 4. The van der Waals surface area contributed by atoms with Gasteiger partial charge in [0.2, 0.25) is 5.91 Å². The van der Waals surface area contributed by atoms with Crippen LogP contribution in [0.4, 0.5) is 10.5 Å². The van der Waals surface area contributed by atoms with Crippen molar-refractivity contribution in [3.8, 4) is 0 Å². The van der Waals surface area contributed by atoms with E-state index in [1.54, 1.807) is 24.3 Å². The molecule has 1 heterocycles. The van der Waals surface area contributed by atoms with E-state index >= 15 is 0 Å². The minimum atomic E-state index is -0.466. The molecule has 2 fully saturated rings. The lowest BCUT2D eigenvalue weighted by Crippen LogP contribution is -2.52. The van der Waals surface area contributed by atoms with E-state index in [0.717, 1.165) is 25.7 Å². The van der Waals surface area contributed by atoms with Gasteiger partial charge in [-0.25, -0.2) is 4.79 Å². The second-order valence-corrected chi connectivity index (χ2v) is 7.92. The van der Waals surface area contributed by atoms with Crippen molar-refractivity contribution < 1.29 is 19.4 Å². The third-order valence-corrected chi connectivity index (χ3v) is 5.67. The molecule has 1 aromatic carbocycles. The Morgan fingerprint density at radius 2 is 2.04 bits per heavy atom. The maximum atomic E-state index is 12.2.